The summed E-state index contributed by atoms with van der Waals surface area (Å²) >= 11 is 0. The molecule has 2 aliphatic rings. The van der Waals surface area contributed by atoms with E-state index in [9.17, 15) is 5.11 Å². The second kappa shape index (κ2) is 4.57. The van der Waals surface area contributed by atoms with Gasteiger partial charge in [-0.25, -0.2) is 0 Å². The number of furan rings is 1. The molecule has 2 fully saturated rings. The van der Waals surface area contributed by atoms with Crippen LogP contribution < -0.4 is 0 Å². The third-order valence-electron chi connectivity index (χ3n) is 4.85. The Kier molecular flexibility index (Phi) is 2.89. The molecule has 0 amide bonds. The maximum Gasteiger partial charge on any atom is 0.168 e. The number of benzene rings is 1. The largest absolute Gasteiger partial charge is 0.458 e. The predicted octanol–water partition coefficient (Wildman–Crippen LogP) is 3.25. The summed E-state index contributed by atoms with van der Waals surface area (Å²) in [6, 6.07) is 8.02. The zero-order chi connectivity index (χ0) is 14.5. The molecule has 1 aliphatic heterocycles. The van der Waals surface area contributed by atoms with Crippen molar-refractivity contribution in [3.05, 3.63) is 35.6 Å². The Labute approximate surface area is 123 Å². The molecule has 0 bridgehead atoms. The molecule has 21 heavy (non-hydrogen) atoms. The van der Waals surface area contributed by atoms with Crippen LogP contribution in [0, 0.1) is 6.92 Å². The van der Waals surface area contributed by atoms with E-state index >= 15 is 0 Å². The van der Waals surface area contributed by atoms with Gasteiger partial charge in [0.25, 0.3) is 0 Å². The molecule has 2 heterocycles. The highest BCUT2D eigenvalue weighted by Crippen LogP contribution is 2.46. The van der Waals surface area contributed by atoms with Gasteiger partial charge in [-0.15, -0.1) is 0 Å². The normalized spacial score (nSPS) is 23.9. The molecule has 0 radical (unpaired) electrons. The molecule has 1 aromatic heterocycles. The van der Waals surface area contributed by atoms with Gasteiger partial charge in [-0.2, -0.15) is 0 Å². The first-order chi connectivity index (χ1) is 10.1. The van der Waals surface area contributed by atoms with E-state index < -0.39 is 11.4 Å². The van der Waals surface area contributed by atoms with Crippen molar-refractivity contribution in [2.24, 2.45) is 0 Å². The van der Waals surface area contributed by atoms with Crippen molar-refractivity contribution in [1.29, 1.82) is 0 Å². The summed E-state index contributed by atoms with van der Waals surface area (Å²) in [6.45, 7) is 3.33. The molecular formula is C17H20O4. The molecule has 1 saturated carbocycles. The minimum atomic E-state index is -0.911. The highest BCUT2D eigenvalue weighted by molar-refractivity contribution is 5.81. The smallest absolute Gasteiger partial charge is 0.168 e. The molecule has 1 aliphatic carbocycles. The molecule has 2 aromatic rings. The molecule has 4 heteroatoms. The minimum absolute atomic E-state index is 0.464. The molecule has 0 unspecified atom stereocenters. The highest BCUT2D eigenvalue weighted by Gasteiger charge is 2.47. The Bertz CT molecular complexity index is 656. The van der Waals surface area contributed by atoms with E-state index in [1.54, 1.807) is 0 Å². The van der Waals surface area contributed by atoms with Crippen LogP contribution in [0.4, 0.5) is 0 Å². The van der Waals surface area contributed by atoms with Crippen molar-refractivity contribution >= 4 is 11.0 Å². The summed E-state index contributed by atoms with van der Waals surface area (Å²) in [5.41, 5.74) is 1.05. The lowest BCUT2D eigenvalue weighted by Crippen LogP contribution is -2.41. The van der Waals surface area contributed by atoms with Crippen LogP contribution in [0.2, 0.25) is 0 Å². The molecule has 112 valence electrons. The summed E-state index contributed by atoms with van der Waals surface area (Å²) < 4.78 is 17.4. The van der Waals surface area contributed by atoms with E-state index in [-0.39, 0.29) is 0 Å². The lowest BCUT2D eigenvalue weighted by Gasteiger charge is -2.39. The van der Waals surface area contributed by atoms with Gasteiger partial charge >= 0.3 is 0 Å². The first kappa shape index (κ1) is 13.3. The fourth-order valence-corrected chi connectivity index (χ4v) is 3.51. The van der Waals surface area contributed by atoms with Crippen LogP contribution >= 0.6 is 0 Å². The van der Waals surface area contributed by atoms with Crippen LogP contribution in [-0.2, 0) is 15.1 Å². The number of hydrogen-bond donors (Lipinski definition) is 1. The minimum Gasteiger partial charge on any atom is -0.458 e. The highest BCUT2D eigenvalue weighted by atomic mass is 16.7. The first-order valence-corrected chi connectivity index (χ1v) is 7.60. The SMILES string of the molecule is Cc1cccc2cc(C3(O)CCC4(CC3)OCCO4)oc12. The van der Waals surface area contributed by atoms with Gasteiger partial charge in [-0.3, -0.25) is 0 Å². The van der Waals surface area contributed by atoms with Crippen molar-refractivity contribution in [2.75, 3.05) is 13.2 Å². The third-order valence-corrected chi connectivity index (χ3v) is 4.85. The van der Waals surface area contributed by atoms with Gasteiger partial charge < -0.3 is 19.0 Å². The summed E-state index contributed by atoms with van der Waals surface area (Å²) in [7, 11) is 0. The van der Waals surface area contributed by atoms with E-state index in [0.717, 1.165) is 16.5 Å². The van der Waals surface area contributed by atoms with Crippen LogP contribution in [-0.4, -0.2) is 24.1 Å². The quantitative estimate of drug-likeness (QED) is 0.875. The van der Waals surface area contributed by atoms with Gasteiger partial charge in [0, 0.05) is 18.2 Å². The van der Waals surface area contributed by atoms with Crippen molar-refractivity contribution in [2.45, 2.75) is 44.0 Å². The van der Waals surface area contributed by atoms with Gasteiger partial charge in [-0.1, -0.05) is 18.2 Å². The average Bonchev–Trinajstić information content (AvgIpc) is 3.11. The standard InChI is InChI=1S/C17H20O4/c1-12-3-2-4-13-11-14(21-15(12)13)16(18)5-7-17(8-6-16)19-9-10-20-17/h2-4,11,18H,5-10H2,1H3. The van der Waals surface area contributed by atoms with Crippen LogP contribution in [0.15, 0.2) is 28.7 Å². The van der Waals surface area contributed by atoms with Gasteiger partial charge in [-0.05, 0) is 31.4 Å². The lowest BCUT2D eigenvalue weighted by atomic mass is 9.80. The zero-order valence-electron chi connectivity index (χ0n) is 12.2. The van der Waals surface area contributed by atoms with E-state index in [1.165, 1.54) is 0 Å². The molecule has 1 aromatic carbocycles. The number of hydrogen-bond acceptors (Lipinski definition) is 4. The number of para-hydroxylation sites is 1. The Balaban J connectivity index is 1.64. The molecular weight excluding hydrogens is 268 g/mol. The fraction of sp³-hybridized carbons (Fsp3) is 0.529. The summed E-state index contributed by atoms with van der Waals surface area (Å²) in [6.07, 6.45) is 2.62. The summed E-state index contributed by atoms with van der Waals surface area (Å²) in [4.78, 5) is 0. The van der Waals surface area contributed by atoms with Crippen molar-refractivity contribution in [3.8, 4) is 0 Å². The number of aliphatic hydroxyl groups is 1. The molecule has 1 saturated heterocycles. The number of fused-ring (bicyclic) bond motifs is 1. The van der Waals surface area contributed by atoms with E-state index in [0.29, 0.717) is 44.7 Å². The maximum absolute atomic E-state index is 11.0. The Hall–Kier alpha value is -1.36. The van der Waals surface area contributed by atoms with E-state index in [1.807, 2.05) is 31.2 Å². The topological polar surface area (TPSA) is 51.8 Å². The monoisotopic (exact) mass is 288 g/mol. The fourth-order valence-electron chi connectivity index (χ4n) is 3.51. The number of rotatable bonds is 1. The molecule has 1 N–H and O–H groups in total. The average molecular weight is 288 g/mol. The van der Waals surface area contributed by atoms with Crippen molar-refractivity contribution < 1.29 is 19.0 Å². The third kappa shape index (κ3) is 2.09. The number of ether oxygens (including phenoxy) is 2. The maximum atomic E-state index is 11.0. The Morgan fingerprint density at radius 1 is 1.05 bits per heavy atom. The van der Waals surface area contributed by atoms with Crippen molar-refractivity contribution in [1.82, 2.24) is 0 Å². The van der Waals surface area contributed by atoms with Gasteiger partial charge in [0.15, 0.2) is 5.79 Å². The van der Waals surface area contributed by atoms with E-state index in [4.69, 9.17) is 13.9 Å². The van der Waals surface area contributed by atoms with Crippen LogP contribution in [0.3, 0.4) is 0 Å². The molecule has 4 nitrogen and oxygen atoms in total. The second-order valence-electron chi connectivity index (χ2n) is 6.24. The second-order valence-corrected chi connectivity index (χ2v) is 6.24. The molecule has 1 spiro atoms. The lowest BCUT2D eigenvalue weighted by molar-refractivity contribution is -0.206. The van der Waals surface area contributed by atoms with Gasteiger partial charge in [0.2, 0.25) is 0 Å². The first-order valence-electron chi connectivity index (χ1n) is 7.60. The zero-order valence-corrected chi connectivity index (χ0v) is 12.2. The van der Waals surface area contributed by atoms with Gasteiger partial charge in [0.05, 0.1) is 13.2 Å². The van der Waals surface area contributed by atoms with Crippen molar-refractivity contribution in [3.63, 3.8) is 0 Å². The Morgan fingerprint density at radius 2 is 1.76 bits per heavy atom. The summed E-state index contributed by atoms with van der Waals surface area (Å²) in [5, 5.41) is 12.0. The van der Waals surface area contributed by atoms with Gasteiger partial charge in [0.1, 0.15) is 16.9 Å². The van der Waals surface area contributed by atoms with E-state index in [2.05, 4.69) is 0 Å². The molecule has 0 atom stereocenters. The molecule has 4 rings (SSSR count). The predicted molar refractivity (Wildman–Crippen MR) is 78.0 cm³/mol. The Morgan fingerprint density at radius 3 is 2.43 bits per heavy atom. The van der Waals surface area contributed by atoms with Crippen LogP contribution in [0.5, 0.6) is 0 Å². The summed E-state index contributed by atoms with van der Waals surface area (Å²) in [5.74, 6) is 0.202. The van der Waals surface area contributed by atoms with Crippen LogP contribution in [0.25, 0.3) is 11.0 Å². The number of aryl methyl sites for hydroxylation is 1. The van der Waals surface area contributed by atoms with Crippen LogP contribution in [0.1, 0.15) is 37.0 Å².